The lowest BCUT2D eigenvalue weighted by Crippen LogP contribution is -2.46. The molecule has 0 heterocycles. The molecule has 0 spiro atoms. The van der Waals surface area contributed by atoms with Gasteiger partial charge >= 0.3 is 6.16 Å². The summed E-state index contributed by atoms with van der Waals surface area (Å²) in [6, 6.07) is 0. The molecule has 1 unspecified atom stereocenters. The predicted octanol–water partition coefficient (Wildman–Crippen LogP) is 2.93. The van der Waals surface area contributed by atoms with Crippen molar-refractivity contribution >= 4 is 60.4 Å². The highest BCUT2D eigenvalue weighted by Crippen LogP contribution is 2.46. The fraction of sp³-hybridized carbons (Fsp3) is 0.800. The maximum Gasteiger partial charge on any atom is 0.510 e. The van der Waals surface area contributed by atoms with E-state index in [1.165, 1.54) is 0 Å². The van der Waals surface area contributed by atoms with Crippen molar-refractivity contribution in [1.82, 2.24) is 0 Å². The molecule has 1 atom stereocenters. The molecule has 0 bridgehead atoms. The zero-order chi connectivity index (χ0) is 21.7. The van der Waals surface area contributed by atoms with Crippen LogP contribution in [0.3, 0.4) is 0 Å². The van der Waals surface area contributed by atoms with Crippen molar-refractivity contribution in [2.75, 3.05) is 0 Å². The van der Waals surface area contributed by atoms with E-state index in [4.69, 9.17) is 17.1 Å². The number of ether oxygens (including phenoxy) is 1. The highest BCUT2D eigenvalue weighted by atomic mass is 28.4. The van der Waals surface area contributed by atoms with Gasteiger partial charge in [-0.15, -0.1) is 0 Å². The summed E-state index contributed by atoms with van der Waals surface area (Å²) in [7, 11) is -8.37. The van der Waals surface area contributed by atoms with Gasteiger partial charge in [0.15, 0.2) is 44.5 Å². The average molecular weight is 485 g/mol. The summed E-state index contributed by atoms with van der Waals surface area (Å²) in [5.41, 5.74) is 0.183. The summed E-state index contributed by atoms with van der Waals surface area (Å²) in [5, 5.41) is 9.21. The van der Waals surface area contributed by atoms with Gasteiger partial charge in [-0.05, 0) is 64.5 Å². The lowest BCUT2D eigenvalue weighted by atomic mass is 10.2. The summed E-state index contributed by atoms with van der Waals surface area (Å²) in [4.78, 5) is 11.3. The van der Waals surface area contributed by atoms with E-state index in [-0.39, 0.29) is 5.54 Å². The highest BCUT2D eigenvalue weighted by Gasteiger charge is 2.46. The monoisotopic (exact) mass is 484 g/mol. The third-order valence-electron chi connectivity index (χ3n) is 4.00. The van der Waals surface area contributed by atoms with Gasteiger partial charge in [0.2, 0.25) is 0 Å². The molecule has 0 aromatic carbocycles. The van der Waals surface area contributed by atoms with Gasteiger partial charge < -0.3 is 22.2 Å². The van der Waals surface area contributed by atoms with Crippen LogP contribution in [0.1, 0.15) is 6.92 Å². The van der Waals surface area contributed by atoms with Crippen molar-refractivity contribution < 1.29 is 27.0 Å². The smallest absolute Gasteiger partial charge is 0.460 e. The maximum atomic E-state index is 11.3. The van der Waals surface area contributed by atoms with Gasteiger partial charge in [0.25, 0.3) is 0 Å². The molecule has 0 fully saturated rings. The van der Waals surface area contributed by atoms with E-state index >= 15 is 0 Å². The molecule has 0 radical (unpaired) electrons. The Morgan fingerprint density at radius 2 is 1.26 bits per heavy atom. The summed E-state index contributed by atoms with van der Waals surface area (Å²) < 4.78 is 23.8. The minimum absolute atomic E-state index is 0.183. The fourth-order valence-corrected chi connectivity index (χ4v) is 15.9. The predicted molar refractivity (Wildman–Crippen MR) is 129 cm³/mol. The Balaban J connectivity index is 5.85. The minimum atomic E-state index is -1.75. The van der Waals surface area contributed by atoms with Crippen molar-refractivity contribution in [2.45, 2.75) is 76.0 Å². The van der Waals surface area contributed by atoms with Gasteiger partial charge in [0.1, 0.15) is 15.5 Å². The third kappa shape index (κ3) is 11.7. The van der Waals surface area contributed by atoms with Gasteiger partial charge in [0.05, 0.1) is 4.66 Å². The molecule has 27 heavy (non-hydrogen) atoms. The number of rotatable bonds is 12. The Morgan fingerprint density at radius 3 is 1.56 bits per heavy atom. The molecule has 0 aliphatic heterocycles. The SMILES string of the molecule is C=C(OC(=O)O)C([SiH2]O[Si](C)(C)C)([SiH2]O[Si](C)(C)C)C(C)[SiH2]O[Si](C)(C)C. The lowest BCUT2D eigenvalue weighted by molar-refractivity contribution is 0.113. The van der Waals surface area contributed by atoms with E-state index in [1.807, 2.05) is 0 Å². The van der Waals surface area contributed by atoms with Crippen molar-refractivity contribution in [3.63, 3.8) is 0 Å². The Hall–Kier alpha value is 0.191. The molecule has 12 heteroatoms. The number of hydrogen-bond donors (Lipinski definition) is 1. The van der Waals surface area contributed by atoms with Crippen LogP contribution in [0.15, 0.2) is 12.3 Å². The Kier molecular flexibility index (Phi) is 10.4. The Bertz CT molecular complexity index is 490. The summed E-state index contributed by atoms with van der Waals surface area (Å²) in [5.74, 6) is 0.323. The van der Waals surface area contributed by atoms with Gasteiger partial charge in [-0.1, -0.05) is 13.5 Å². The molecule has 6 nitrogen and oxygen atoms in total. The van der Waals surface area contributed by atoms with Crippen molar-refractivity contribution in [1.29, 1.82) is 0 Å². The van der Waals surface area contributed by atoms with Gasteiger partial charge in [-0.3, -0.25) is 0 Å². The van der Waals surface area contributed by atoms with Crippen molar-refractivity contribution in [3.05, 3.63) is 12.3 Å². The number of carbonyl (C=O) groups is 1. The maximum absolute atomic E-state index is 11.3. The zero-order valence-electron chi connectivity index (χ0n) is 18.9. The van der Waals surface area contributed by atoms with E-state index in [0.29, 0.717) is 5.76 Å². The first-order valence-electron chi connectivity index (χ1n) is 9.40. The van der Waals surface area contributed by atoms with Crippen LogP contribution >= 0.6 is 0 Å². The van der Waals surface area contributed by atoms with Crippen LogP contribution < -0.4 is 0 Å². The number of carboxylic acid groups (broad SMARTS) is 1. The molecular formula is C15H40O6Si6. The van der Waals surface area contributed by atoms with E-state index < -0.39 is 65.1 Å². The molecule has 1 N–H and O–H groups in total. The van der Waals surface area contributed by atoms with Gasteiger partial charge in [0, 0.05) is 0 Å². The van der Waals surface area contributed by atoms with E-state index in [2.05, 4.69) is 72.4 Å². The minimum Gasteiger partial charge on any atom is -0.460 e. The molecule has 0 aliphatic rings. The van der Waals surface area contributed by atoms with Crippen LogP contribution in [-0.2, 0) is 17.1 Å². The van der Waals surface area contributed by atoms with Crippen LogP contribution in [-0.4, -0.2) is 65.5 Å². The Morgan fingerprint density at radius 1 is 0.889 bits per heavy atom. The normalized spacial score (nSPS) is 17.9. The zero-order valence-corrected chi connectivity index (χ0v) is 26.1. The molecule has 0 saturated carbocycles. The largest absolute Gasteiger partial charge is 0.510 e. The molecule has 160 valence electrons. The van der Waals surface area contributed by atoms with E-state index in [0.717, 1.165) is 0 Å². The molecule has 0 rings (SSSR count). The van der Waals surface area contributed by atoms with Crippen molar-refractivity contribution in [2.24, 2.45) is 0 Å². The molecular weight excluding hydrogens is 445 g/mol. The van der Waals surface area contributed by atoms with E-state index in [9.17, 15) is 9.90 Å². The summed E-state index contributed by atoms with van der Waals surface area (Å²) in [6.07, 6.45) is -1.31. The average Bonchev–Trinajstić information content (AvgIpc) is 2.41. The Labute approximate surface area is 175 Å². The second kappa shape index (κ2) is 10.3. The standard InChI is InChI=1S/C15H40O6Si6/c1-12(18-14(16)17)15(23-20-26(6,7)8,24-21-27(9,10)11)13(2)22-19-25(3,4)5/h13H,1,22-24H2,2-11H3,(H,16,17). The van der Waals surface area contributed by atoms with Gasteiger partial charge in [-0.2, -0.15) is 0 Å². The summed E-state index contributed by atoms with van der Waals surface area (Å²) >= 11 is 0. The van der Waals surface area contributed by atoms with Crippen molar-refractivity contribution in [3.8, 4) is 0 Å². The van der Waals surface area contributed by atoms with Crippen LogP contribution in [0.25, 0.3) is 0 Å². The fourth-order valence-electron chi connectivity index (χ4n) is 2.19. The first-order valence-corrected chi connectivity index (χ1v) is 23.6. The summed E-state index contributed by atoms with van der Waals surface area (Å²) in [6.45, 7) is 25.7. The van der Waals surface area contributed by atoms with Crippen LogP contribution in [0, 0.1) is 0 Å². The lowest BCUT2D eigenvalue weighted by Gasteiger charge is -2.41. The first kappa shape index (κ1) is 27.2. The second-order valence-corrected chi connectivity index (χ2v) is 31.9. The number of allylic oxidation sites excluding steroid dienone is 1. The molecule has 0 amide bonds. The topological polar surface area (TPSA) is 74.2 Å². The molecule has 0 saturated heterocycles. The first-order chi connectivity index (χ1) is 11.9. The highest BCUT2D eigenvalue weighted by molar-refractivity contribution is 6.80. The van der Waals surface area contributed by atoms with Crippen LogP contribution in [0.5, 0.6) is 0 Å². The van der Waals surface area contributed by atoms with E-state index in [1.54, 1.807) is 0 Å². The number of hydrogen-bond acceptors (Lipinski definition) is 5. The molecule has 0 aromatic heterocycles. The second-order valence-electron chi connectivity index (χ2n) is 10.1. The molecule has 0 aromatic rings. The molecule has 0 aliphatic carbocycles. The third-order valence-corrected chi connectivity index (χ3v) is 23.1. The quantitative estimate of drug-likeness (QED) is 0.261. The van der Waals surface area contributed by atoms with Crippen LogP contribution in [0.4, 0.5) is 4.79 Å². The van der Waals surface area contributed by atoms with Gasteiger partial charge in [-0.25, -0.2) is 4.79 Å². The van der Waals surface area contributed by atoms with Crippen LogP contribution in [0.2, 0.25) is 69.1 Å².